The maximum Gasteiger partial charge on any atom is 0.413 e. The molecule has 1 N–H and O–H groups in total. The van der Waals surface area contributed by atoms with E-state index < -0.39 is 11.6 Å². The summed E-state index contributed by atoms with van der Waals surface area (Å²) in [5.74, 6) is 0.492. The number of cyclic esters (lactones) is 1. The summed E-state index contributed by atoms with van der Waals surface area (Å²) in [7, 11) is 0. The van der Waals surface area contributed by atoms with Crippen molar-refractivity contribution in [3.8, 4) is 0 Å². The summed E-state index contributed by atoms with van der Waals surface area (Å²) in [5.41, 5.74) is 0.875. The number of rotatable bonds is 1. The molecule has 0 spiro atoms. The van der Waals surface area contributed by atoms with Crippen LogP contribution >= 0.6 is 11.6 Å². The Bertz CT molecular complexity index is 214. The van der Waals surface area contributed by atoms with Crippen LogP contribution in [0.2, 0.25) is 0 Å². The molecule has 1 atom stereocenters. The second-order valence-corrected chi connectivity index (χ2v) is 2.89. The second kappa shape index (κ2) is 2.74. The third kappa shape index (κ3) is 1.33. The number of ether oxygens (including phenoxy) is 1. The van der Waals surface area contributed by atoms with Gasteiger partial charge in [0.2, 0.25) is 0 Å². The summed E-state index contributed by atoms with van der Waals surface area (Å²) in [6.45, 7) is 3.82. The van der Waals surface area contributed by atoms with Crippen LogP contribution in [-0.4, -0.2) is 11.6 Å². The Hall–Kier alpha value is -0.700. The van der Waals surface area contributed by atoms with Crippen molar-refractivity contribution < 1.29 is 9.53 Å². The van der Waals surface area contributed by atoms with Gasteiger partial charge in [0.05, 0.1) is 5.54 Å². The van der Waals surface area contributed by atoms with Crippen LogP contribution in [0.25, 0.3) is 0 Å². The average molecular weight is 176 g/mol. The van der Waals surface area contributed by atoms with E-state index in [1.807, 2.05) is 13.8 Å². The minimum atomic E-state index is -0.429. The van der Waals surface area contributed by atoms with Gasteiger partial charge in [-0.1, -0.05) is 18.5 Å². The number of amides is 1. The lowest BCUT2D eigenvalue weighted by Crippen LogP contribution is -2.38. The van der Waals surface area contributed by atoms with E-state index in [0.29, 0.717) is 5.76 Å². The molecular weight excluding hydrogens is 166 g/mol. The first-order chi connectivity index (χ1) is 5.12. The molecule has 11 heavy (non-hydrogen) atoms. The smallest absolute Gasteiger partial charge is 0.411 e. The maximum atomic E-state index is 10.8. The highest BCUT2D eigenvalue weighted by Crippen LogP contribution is 2.27. The fourth-order valence-corrected chi connectivity index (χ4v) is 1.22. The molecular formula is C7H10ClNO2. The van der Waals surface area contributed by atoms with Crippen LogP contribution in [0.3, 0.4) is 0 Å². The first-order valence-electron chi connectivity index (χ1n) is 3.43. The molecule has 0 radical (unpaired) electrons. The highest BCUT2D eigenvalue weighted by Gasteiger charge is 2.38. The van der Waals surface area contributed by atoms with E-state index in [2.05, 4.69) is 5.32 Å². The van der Waals surface area contributed by atoms with Gasteiger partial charge in [0.15, 0.2) is 0 Å². The van der Waals surface area contributed by atoms with Gasteiger partial charge < -0.3 is 10.1 Å². The fourth-order valence-electron chi connectivity index (χ4n) is 0.930. The Morgan fingerprint density at radius 3 is 2.82 bits per heavy atom. The highest BCUT2D eigenvalue weighted by atomic mass is 35.5. The first-order valence-corrected chi connectivity index (χ1v) is 3.87. The lowest BCUT2D eigenvalue weighted by atomic mass is 9.98. The molecule has 1 aliphatic heterocycles. The van der Waals surface area contributed by atoms with Gasteiger partial charge in [-0.15, -0.1) is 0 Å². The zero-order valence-electron chi connectivity index (χ0n) is 6.48. The Morgan fingerprint density at radius 2 is 2.45 bits per heavy atom. The molecule has 3 nitrogen and oxygen atoms in total. The predicted octanol–water partition coefficient (Wildman–Crippen LogP) is 1.98. The molecule has 0 aliphatic carbocycles. The minimum Gasteiger partial charge on any atom is -0.411 e. The number of alkyl carbamates (subject to hydrolysis) is 1. The van der Waals surface area contributed by atoms with Crippen molar-refractivity contribution in [2.45, 2.75) is 25.8 Å². The number of hydrogen-bond donors (Lipinski definition) is 1. The van der Waals surface area contributed by atoms with Gasteiger partial charge in [-0.2, -0.15) is 0 Å². The third-order valence-corrected chi connectivity index (χ3v) is 2.13. The first kappa shape index (κ1) is 8.40. The summed E-state index contributed by atoms with van der Waals surface area (Å²) < 4.78 is 4.80. The van der Waals surface area contributed by atoms with Crippen molar-refractivity contribution in [2.24, 2.45) is 0 Å². The van der Waals surface area contributed by atoms with Gasteiger partial charge in [0, 0.05) is 5.54 Å². The molecule has 1 rings (SSSR count). The van der Waals surface area contributed by atoms with Crippen LogP contribution in [0.15, 0.2) is 11.3 Å². The molecule has 1 heterocycles. The largest absolute Gasteiger partial charge is 0.413 e. The fraction of sp³-hybridized carbons (Fsp3) is 0.571. The Morgan fingerprint density at radius 1 is 1.82 bits per heavy atom. The van der Waals surface area contributed by atoms with Crippen LogP contribution in [0.1, 0.15) is 20.3 Å². The lowest BCUT2D eigenvalue weighted by Gasteiger charge is -2.18. The van der Waals surface area contributed by atoms with E-state index in [0.717, 1.165) is 6.42 Å². The quantitative estimate of drug-likeness (QED) is 0.662. The molecule has 1 unspecified atom stereocenters. The van der Waals surface area contributed by atoms with Crippen molar-refractivity contribution in [2.75, 3.05) is 0 Å². The standard InChI is InChI=1S/C7H10ClNO2/c1-3-7(2)5(4-8)11-6(10)9-7/h4H,3H2,1-2H3,(H,9,10)/b5-4+. The predicted molar refractivity (Wildman–Crippen MR) is 42.2 cm³/mol. The van der Waals surface area contributed by atoms with E-state index in [1.165, 1.54) is 5.54 Å². The van der Waals surface area contributed by atoms with E-state index >= 15 is 0 Å². The highest BCUT2D eigenvalue weighted by molar-refractivity contribution is 6.25. The molecule has 0 aromatic carbocycles. The normalized spacial score (nSPS) is 33.7. The van der Waals surface area contributed by atoms with E-state index in [-0.39, 0.29) is 0 Å². The molecule has 1 saturated heterocycles. The molecule has 0 aromatic heterocycles. The van der Waals surface area contributed by atoms with Crippen molar-refractivity contribution in [3.63, 3.8) is 0 Å². The monoisotopic (exact) mass is 175 g/mol. The summed E-state index contributed by atoms with van der Waals surface area (Å²) >= 11 is 5.46. The Kier molecular flexibility index (Phi) is 2.09. The summed E-state index contributed by atoms with van der Waals surface area (Å²) in [5, 5.41) is 2.67. The van der Waals surface area contributed by atoms with E-state index in [1.54, 1.807) is 0 Å². The molecule has 1 aliphatic rings. The molecule has 1 amide bonds. The topological polar surface area (TPSA) is 38.3 Å². The zero-order chi connectivity index (χ0) is 8.48. The number of nitrogens with one attached hydrogen (secondary N) is 1. The SMILES string of the molecule is CCC1(C)NC(=O)O/C1=C/Cl. The minimum absolute atomic E-state index is 0.418. The van der Waals surface area contributed by atoms with Crippen LogP contribution in [0, 0.1) is 0 Å². The molecule has 0 bridgehead atoms. The van der Waals surface area contributed by atoms with E-state index in [4.69, 9.17) is 16.3 Å². The van der Waals surface area contributed by atoms with Crippen molar-refractivity contribution >= 4 is 17.7 Å². The number of carbonyl (C=O) groups is 1. The van der Waals surface area contributed by atoms with Crippen LogP contribution in [-0.2, 0) is 4.74 Å². The van der Waals surface area contributed by atoms with Gasteiger partial charge in [-0.3, -0.25) is 0 Å². The van der Waals surface area contributed by atoms with Crippen molar-refractivity contribution in [1.29, 1.82) is 0 Å². The number of hydrogen-bond acceptors (Lipinski definition) is 2. The zero-order valence-corrected chi connectivity index (χ0v) is 7.23. The molecule has 0 aromatic rings. The lowest BCUT2D eigenvalue weighted by molar-refractivity contribution is 0.195. The van der Waals surface area contributed by atoms with Crippen LogP contribution in [0.5, 0.6) is 0 Å². The van der Waals surface area contributed by atoms with Crippen LogP contribution in [0.4, 0.5) is 4.79 Å². The van der Waals surface area contributed by atoms with Crippen molar-refractivity contribution in [3.05, 3.63) is 11.3 Å². The van der Waals surface area contributed by atoms with Gasteiger partial charge in [0.1, 0.15) is 5.76 Å². The van der Waals surface area contributed by atoms with Gasteiger partial charge in [-0.05, 0) is 13.3 Å². The molecule has 4 heteroatoms. The van der Waals surface area contributed by atoms with Crippen molar-refractivity contribution in [1.82, 2.24) is 5.32 Å². The third-order valence-electron chi connectivity index (χ3n) is 1.93. The summed E-state index contributed by atoms with van der Waals surface area (Å²) in [4.78, 5) is 10.8. The number of halogens is 1. The van der Waals surface area contributed by atoms with Crippen LogP contribution < -0.4 is 5.32 Å². The van der Waals surface area contributed by atoms with E-state index in [9.17, 15) is 4.79 Å². The van der Waals surface area contributed by atoms with Gasteiger partial charge in [-0.25, -0.2) is 4.79 Å². The summed E-state index contributed by atoms with van der Waals surface area (Å²) in [6, 6.07) is 0. The molecule has 1 fully saturated rings. The Labute approximate surface area is 70.4 Å². The maximum absolute atomic E-state index is 10.8. The molecule has 0 saturated carbocycles. The number of carbonyl (C=O) groups excluding carboxylic acids is 1. The van der Waals surface area contributed by atoms with Gasteiger partial charge in [0.25, 0.3) is 0 Å². The summed E-state index contributed by atoms with van der Waals surface area (Å²) in [6.07, 6.45) is 0.332. The molecule has 62 valence electrons. The van der Waals surface area contributed by atoms with Gasteiger partial charge >= 0.3 is 6.09 Å². The average Bonchev–Trinajstić information content (AvgIpc) is 2.27. The second-order valence-electron chi connectivity index (χ2n) is 2.67. The Balaban J connectivity index is 2.89.